The maximum Gasteiger partial charge on any atom is 0.407 e. The Morgan fingerprint density at radius 2 is 1.76 bits per heavy atom. The van der Waals surface area contributed by atoms with E-state index in [1.807, 2.05) is 0 Å². The standard InChI is InChI=1S/C16H23N3O5S/c1-2-24-16(21)17-9-8-15(20)18-10-12-19(13-11-18)25(22,23)14-6-4-3-5-7-14/h3-7H,2,8-13H2,1H3,(H,17,21). The summed E-state index contributed by atoms with van der Waals surface area (Å²) in [5.41, 5.74) is 0. The number of amides is 2. The SMILES string of the molecule is CCOC(=O)NCCC(=O)N1CCN(S(=O)(=O)c2ccccc2)CC1. The highest BCUT2D eigenvalue weighted by Gasteiger charge is 2.29. The first-order valence-corrected chi connectivity index (χ1v) is 9.62. The van der Waals surface area contributed by atoms with Crippen molar-refractivity contribution in [1.29, 1.82) is 0 Å². The van der Waals surface area contributed by atoms with Crippen molar-refractivity contribution < 1.29 is 22.7 Å². The van der Waals surface area contributed by atoms with Crippen LogP contribution in [0.3, 0.4) is 0 Å². The highest BCUT2D eigenvalue weighted by Crippen LogP contribution is 2.17. The van der Waals surface area contributed by atoms with Crippen LogP contribution in [0.25, 0.3) is 0 Å². The molecule has 1 fully saturated rings. The Labute approximate surface area is 147 Å². The summed E-state index contributed by atoms with van der Waals surface area (Å²) in [5.74, 6) is -0.117. The number of carbonyl (C=O) groups is 2. The Morgan fingerprint density at radius 3 is 2.36 bits per heavy atom. The van der Waals surface area contributed by atoms with Crippen molar-refractivity contribution in [1.82, 2.24) is 14.5 Å². The second-order valence-corrected chi connectivity index (χ2v) is 7.43. The predicted molar refractivity (Wildman–Crippen MR) is 91.4 cm³/mol. The molecule has 0 atom stereocenters. The molecule has 1 N–H and O–H groups in total. The summed E-state index contributed by atoms with van der Waals surface area (Å²) in [6.07, 6.45) is -0.390. The van der Waals surface area contributed by atoms with Crippen LogP contribution in [0.5, 0.6) is 0 Å². The monoisotopic (exact) mass is 369 g/mol. The Hall–Kier alpha value is -2.13. The van der Waals surface area contributed by atoms with E-state index in [0.29, 0.717) is 13.1 Å². The number of sulfonamides is 1. The summed E-state index contributed by atoms with van der Waals surface area (Å²) in [4.78, 5) is 25.2. The van der Waals surface area contributed by atoms with Crippen LogP contribution in [0.1, 0.15) is 13.3 Å². The van der Waals surface area contributed by atoms with Crippen LogP contribution in [0.15, 0.2) is 35.2 Å². The molecule has 0 spiro atoms. The van der Waals surface area contributed by atoms with Gasteiger partial charge in [-0.25, -0.2) is 13.2 Å². The third-order valence-electron chi connectivity index (χ3n) is 3.86. The van der Waals surface area contributed by atoms with Crippen molar-refractivity contribution >= 4 is 22.0 Å². The van der Waals surface area contributed by atoms with E-state index in [-0.39, 0.29) is 43.5 Å². The van der Waals surface area contributed by atoms with E-state index >= 15 is 0 Å². The van der Waals surface area contributed by atoms with Gasteiger partial charge < -0.3 is 15.0 Å². The van der Waals surface area contributed by atoms with Crippen LogP contribution in [-0.2, 0) is 19.6 Å². The lowest BCUT2D eigenvalue weighted by Crippen LogP contribution is -2.50. The van der Waals surface area contributed by atoms with Gasteiger partial charge in [0, 0.05) is 39.1 Å². The molecule has 1 heterocycles. The summed E-state index contributed by atoms with van der Waals surface area (Å²) >= 11 is 0. The zero-order valence-corrected chi connectivity index (χ0v) is 15.0. The Bertz CT molecular complexity index is 685. The van der Waals surface area contributed by atoms with Crippen LogP contribution < -0.4 is 5.32 Å². The Kier molecular flexibility index (Phi) is 6.77. The van der Waals surface area contributed by atoms with Crippen molar-refractivity contribution in [2.24, 2.45) is 0 Å². The first-order chi connectivity index (χ1) is 11.9. The molecule has 1 saturated heterocycles. The molecule has 138 valence electrons. The summed E-state index contributed by atoms with van der Waals surface area (Å²) in [7, 11) is -3.52. The molecule has 1 aliphatic rings. The maximum absolute atomic E-state index is 12.5. The zero-order chi connectivity index (χ0) is 18.3. The molecule has 25 heavy (non-hydrogen) atoms. The van der Waals surface area contributed by atoms with Gasteiger partial charge in [-0.05, 0) is 19.1 Å². The summed E-state index contributed by atoms with van der Waals surface area (Å²) in [6.45, 7) is 3.36. The predicted octanol–water partition coefficient (Wildman–Crippen LogP) is 0.656. The fraction of sp³-hybridized carbons (Fsp3) is 0.500. The number of hydrogen-bond acceptors (Lipinski definition) is 5. The molecule has 1 aromatic rings. The van der Waals surface area contributed by atoms with Gasteiger partial charge >= 0.3 is 6.09 Å². The van der Waals surface area contributed by atoms with Crippen LogP contribution in [-0.4, -0.2) is 69.0 Å². The van der Waals surface area contributed by atoms with Gasteiger partial charge in [-0.1, -0.05) is 18.2 Å². The van der Waals surface area contributed by atoms with Crippen LogP contribution in [0.4, 0.5) is 4.79 Å². The lowest BCUT2D eigenvalue weighted by atomic mass is 10.3. The van der Waals surface area contributed by atoms with Gasteiger partial charge in [0.1, 0.15) is 0 Å². The van der Waals surface area contributed by atoms with Crippen molar-refractivity contribution in [3.8, 4) is 0 Å². The van der Waals surface area contributed by atoms with E-state index in [0.717, 1.165) is 0 Å². The third-order valence-corrected chi connectivity index (χ3v) is 5.77. The summed E-state index contributed by atoms with van der Waals surface area (Å²) < 4.78 is 31.2. The van der Waals surface area contributed by atoms with E-state index in [9.17, 15) is 18.0 Å². The molecular formula is C16H23N3O5S. The Balaban J connectivity index is 1.81. The quantitative estimate of drug-likeness (QED) is 0.794. The average Bonchev–Trinajstić information content (AvgIpc) is 2.62. The minimum atomic E-state index is -3.52. The highest BCUT2D eigenvalue weighted by molar-refractivity contribution is 7.89. The number of rotatable bonds is 6. The van der Waals surface area contributed by atoms with E-state index in [2.05, 4.69) is 5.32 Å². The number of alkyl carbamates (subject to hydrolysis) is 1. The first kappa shape index (κ1) is 19.2. The van der Waals surface area contributed by atoms with E-state index in [4.69, 9.17) is 4.74 Å². The molecule has 8 nitrogen and oxygen atoms in total. The van der Waals surface area contributed by atoms with Crippen LogP contribution in [0.2, 0.25) is 0 Å². The fourth-order valence-corrected chi connectivity index (χ4v) is 3.97. The normalized spacial score (nSPS) is 15.6. The Morgan fingerprint density at radius 1 is 1.12 bits per heavy atom. The molecule has 1 aliphatic heterocycles. The second-order valence-electron chi connectivity index (χ2n) is 5.50. The molecule has 0 bridgehead atoms. The number of hydrogen-bond donors (Lipinski definition) is 1. The number of nitrogens with zero attached hydrogens (tertiary/aromatic N) is 2. The summed E-state index contributed by atoms with van der Waals surface area (Å²) in [6, 6.07) is 8.26. The number of piperazine rings is 1. The molecule has 0 aliphatic carbocycles. The van der Waals surface area contributed by atoms with Gasteiger partial charge in [0.05, 0.1) is 11.5 Å². The molecule has 0 aromatic heterocycles. The van der Waals surface area contributed by atoms with Crippen molar-refractivity contribution in [2.45, 2.75) is 18.2 Å². The lowest BCUT2D eigenvalue weighted by Gasteiger charge is -2.34. The smallest absolute Gasteiger partial charge is 0.407 e. The lowest BCUT2D eigenvalue weighted by molar-refractivity contribution is -0.132. The average molecular weight is 369 g/mol. The minimum absolute atomic E-state index is 0.117. The van der Waals surface area contributed by atoms with Gasteiger partial charge in [0.2, 0.25) is 15.9 Å². The van der Waals surface area contributed by atoms with Crippen molar-refractivity contribution in [2.75, 3.05) is 39.3 Å². The van der Waals surface area contributed by atoms with Crippen molar-refractivity contribution in [3.05, 3.63) is 30.3 Å². The summed E-state index contributed by atoms with van der Waals surface area (Å²) in [5, 5.41) is 2.49. The van der Waals surface area contributed by atoms with Gasteiger partial charge in [-0.2, -0.15) is 4.31 Å². The van der Waals surface area contributed by atoms with Gasteiger partial charge in [-0.3, -0.25) is 4.79 Å². The molecule has 9 heteroatoms. The fourth-order valence-electron chi connectivity index (χ4n) is 2.53. The third kappa shape index (κ3) is 5.17. The molecule has 2 rings (SSSR count). The van der Waals surface area contributed by atoms with E-state index in [1.165, 1.54) is 4.31 Å². The number of ether oxygens (including phenoxy) is 1. The van der Waals surface area contributed by atoms with Gasteiger partial charge in [0.25, 0.3) is 0 Å². The number of nitrogens with one attached hydrogen (secondary N) is 1. The second kappa shape index (κ2) is 8.82. The maximum atomic E-state index is 12.5. The molecule has 1 aromatic carbocycles. The van der Waals surface area contributed by atoms with Gasteiger partial charge in [-0.15, -0.1) is 0 Å². The zero-order valence-electron chi connectivity index (χ0n) is 14.2. The first-order valence-electron chi connectivity index (χ1n) is 8.18. The number of benzene rings is 1. The highest BCUT2D eigenvalue weighted by atomic mass is 32.2. The van der Waals surface area contributed by atoms with E-state index in [1.54, 1.807) is 42.2 Å². The van der Waals surface area contributed by atoms with Crippen LogP contribution >= 0.6 is 0 Å². The molecule has 0 saturated carbocycles. The van der Waals surface area contributed by atoms with Crippen molar-refractivity contribution in [3.63, 3.8) is 0 Å². The van der Waals surface area contributed by atoms with Gasteiger partial charge in [0.15, 0.2) is 0 Å². The molecule has 2 amide bonds. The minimum Gasteiger partial charge on any atom is -0.450 e. The topological polar surface area (TPSA) is 96.0 Å². The molecule has 0 radical (unpaired) electrons. The largest absolute Gasteiger partial charge is 0.450 e. The number of carbonyl (C=O) groups excluding carboxylic acids is 2. The van der Waals surface area contributed by atoms with E-state index < -0.39 is 16.1 Å². The molecular weight excluding hydrogens is 346 g/mol. The van der Waals surface area contributed by atoms with Crippen LogP contribution in [0, 0.1) is 0 Å². The molecule has 0 unspecified atom stereocenters.